The van der Waals surface area contributed by atoms with Gasteiger partial charge in [0.2, 0.25) is 5.91 Å². The molecule has 1 amide bonds. The van der Waals surface area contributed by atoms with Crippen molar-refractivity contribution in [1.29, 1.82) is 0 Å². The van der Waals surface area contributed by atoms with Crippen molar-refractivity contribution < 1.29 is 19.0 Å². The summed E-state index contributed by atoms with van der Waals surface area (Å²) in [6.45, 7) is 11.8. The first kappa shape index (κ1) is 25.0. The Balaban J connectivity index is 1.59. The minimum atomic E-state index is -0.121. The summed E-state index contributed by atoms with van der Waals surface area (Å²) in [5.41, 5.74) is 4.64. The highest BCUT2D eigenvalue weighted by Crippen LogP contribution is 2.39. The first-order valence-electron chi connectivity index (χ1n) is 12.1. The smallest absolute Gasteiger partial charge is 0.229 e. The van der Waals surface area contributed by atoms with E-state index < -0.39 is 0 Å². The third kappa shape index (κ3) is 6.13. The number of rotatable bonds is 9. The molecule has 0 bridgehead atoms. The molecule has 1 aliphatic heterocycles. The van der Waals surface area contributed by atoms with E-state index in [1.165, 1.54) is 5.56 Å². The molecular formula is C27H33N3O4S. The highest BCUT2D eigenvalue weighted by molar-refractivity contribution is 7.12. The summed E-state index contributed by atoms with van der Waals surface area (Å²) < 4.78 is 17.4. The zero-order valence-corrected chi connectivity index (χ0v) is 21.7. The van der Waals surface area contributed by atoms with Gasteiger partial charge >= 0.3 is 0 Å². The lowest BCUT2D eigenvalue weighted by atomic mass is 10.1. The molecule has 0 saturated carbocycles. The fourth-order valence-corrected chi connectivity index (χ4v) is 5.07. The van der Waals surface area contributed by atoms with Crippen LogP contribution in [0.15, 0.2) is 36.4 Å². The average molecular weight is 496 g/mol. The quantitative estimate of drug-likeness (QED) is 0.438. The summed E-state index contributed by atoms with van der Waals surface area (Å²) >= 11 is 1.55. The Morgan fingerprint density at radius 3 is 2.43 bits per heavy atom. The third-order valence-electron chi connectivity index (χ3n) is 5.74. The van der Waals surface area contributed by atoms with Crippen LogP contribution in [0.25, 0.3) is 11.3 Å². The molecule has 3 aromatic rings. The first-order valence-corrected chi connectivity index (χ1v) is 12.9. The monoisotopic (exact) mass is 495 g/mol. The van der Waals surface area contributed by atoms with Crippen molar-refractivity contribution in [3.63, 3.8) is 0 Å². The summed E-state index contributed by atoms with van der Waals surface area (Å²) in [6, 6.07) is 12.1. The fraction of sp³-hybridized carbons (Fsp3) is 0.407. The van der Waals surface area contributed by atoms with Gasteiger partial charge < -0.3 is 24.4 Å². The van der Waals surface area contributed by atoms with Gasteiger partial charge in [-0.05, 0) is 27.7 Å². The number of hydrogen-bond acceptors (Lipinski definition) is 7. The van der Waals surface area contributed by atoms with Gasteiger partial charge in [0.1, 0.15) is 11.5 Å². The van der Waals surface area contributed by atoms with E-state index >= 15 is 0 Å². The van der Waals surface area contributed by atoms with Crippen LogP contribution in [0.4, 0.5) is 11.4 Å². The Labute approximate surface area is 211 Å². The minimum absolute atomic E-state index is 0.121. The molecule has 1 aliphatic rings. The molecule has 4 rings (SSSR count). The summed E-state index contributed by atoms with van der Waals surface area (Å²) in [5.74, 6) is 1.23. The third-order valence-corrected chi connectivity index (χ3v) is 6.71. The van der Waals surface area contributed by atoms with E-state index in [-0.39, 0.29) is 12.3 Å². The van der Waals surface area contributed by atoms with Crippen molar-refractivity contribution in [3.8, 4) is 22.8 Å². The summed E-state index contributed by atoms with van der Waals surface area (Å²) in [7, 11) is 0. The van der Waals surface area contributed by atoms with Gasteiger partial charge in [-0.15, -0.1) is 11.3 Å². The molecule has 0 spiro atoms. The maximum Gasteiger partial charge on any atom is 0.229 e. The molecule has 1 fully saturated rings. The number of hydrogen-bond donors (Lipinski definition) is 1. The molecule has 35 heavy (non-hydrogen) atoms. The zero-order valence-electron chi connectivity index (χ0n) is 20.8. The van der Waals surface area contributed by atoms with Gasteiger partial charge in [0.05, 0.1) is 54.9 Å². The molecule has 1 saturated heterocycles. The fourth-order valence-electron chi connectivity index (χ4n) is 4.11. The normalized spacial score (nSPS) is 13.5. The van der Waals surface area contributed by atoms with Crippen LogP contribution < -0.4 is 19.7 Å². The van der Waals surface area contributed by atoms with Gasteiger partial charge in [-0.25, -0.2) is 4.98 Å². The highest BCUT2D eigenvalue weighted by Gasteiger charge is 2.21. The maximum atomic E-state index is 13.2. The Kier molecular flexibility index (Phi) is 8.25. The number of aromatic nitrogens is 1. The molecule has 8 heteroatoms. The van der Waals surface area contributed by atoms with Gasteiger partial charge in [0.25, 0.3) is 0 Å². The van der Waals surface area contributed by atoms with Gasteiger partial charge in [-0.3, -0.25) is 4.79 Å². The summed E-state index contributed by atoms with van der Waals surface area (Å²) in [4.78, 5) is 21.1. The lowest BCUT2D eigenvalue weighted by Crippen LogP contribution is -2.36. The summed E-state index contributed by atoms with van der Waals surface area (Å²) in [6.07, 6.45) is 0.232. The standard InChI is InChI=1S/C27H33N3O4S/c1-5-33-23-16-22(30-11-13-32-14-12-30)24(34-6-2)15-21(23)29-26(31)17-25-27(28-19(4)35-25)20-9-7-18(3)8-10-20/h7-10,15-16H,5-6,11-14,17H2,1-4H3,(H,29,31). The number of nitrogens with one attached hydrogen (secondary N) is 1. The number of aryl methyl sites for hydroxylation is 2. The molecule has 0 atom stereocenters. The van der Waals surface area contributed by atoms with Gasteiger partial charge in [-0.1, -0.05) is 29.8 Å². The Morgan fingerprint density at radius 2 is 1.74 bits per heavy atom. The Bertz CT molecular complexity index is 1150. The minimum Gasteiger partial charge on any atom is -0.492 e. The number of anilines is 2. The first-order chi connectivity index (χ1) is 17.0. The molecule has 0 aliphatic carbocycles. The molecule has 2 heterocycles. The van der Waals surface area contributed by atoms with E-state index in [0.717, 1.165) is 45.7 Å². The van der Waals surface area contributed by atoms with Crippen molar-refractivity contribution in [2.75, 3.05) is 49.7 Å². The second kappa shape index (κ2) is 11.6. The molecule has 0 radical (unpaired) electrons. The van der Waals surface area contributed by atoms with Crippen molar-refractivity contribution >= 4 is 28.6 Å². The molecule has 186 valence electrons. The summed E-state index contributed by atoms with van der Waals surface area (Å²) in [5, 5.41) is 4.00. The number of morpholine rings is 1. The number of ether oxygens (including phenoxy) is 3. The van der Waals surface area contributed by atoms with Gasteiger partial charge in [0, 0.05) is 35.7 Å². The average Bonchev–Trinajstić information content (AvgIpc) is 3.21. The van der Waals surface area contributed by atoms with Crippen molar-refractivity contribution in [2.45, 2.75) is 34.1 Å². The van der Waals surface area contributed by atoms with E-state index in [1.807, 2.05) is 32.9 Å². The molecule has 1 N–H and O–H groups in total. The van der Waals surface area contributed by atoms with Crippen LogP contribution in [-0.2, 0) is 16.0 Å². The number of benzene rings is 2. The van der Waals surface area contributed by atoms with E-state index in [9.17, 15) is 4.79 Å². The van der Waals surface area contributed by atoms with Crippen molar-refractivity contribution in [2.24, 2.45) is 0 Å². The van der Waals surface area contributed by atoms with Crippen LogP contribution in [-0.4, -0.2) is 50.4 Å². The molecule has 0 unspecified atom stereocenters. The van der Waals surface area contributed by atoms with E-state index in [2.05, 4.69) is 41.4 Å². The lowest BCUT2D eigenvalue weighted by Gasteiger charge is -2.31. The molecule has 7 nitrogen and oxygen atoms in total. The van der Waals surface area contributed by atoms with Crippen LogP contribution in [0, 0.1) is 13.8 Å². The van der Waals surface area contributed by atoms with Crippen LogP contribution in [0.2, 0.25) is 0 Å². The highest BCUT2D eigenvalue weighted by atomic mass is 32.1. The maximum absolute atomic E-state index is 13.2. The van der Waals surface area contributed by atoms with Crippen LogP contribution in [0.3, 0.4) is 0 Å². The zero-order chi connectivity index (χ0) is 24.8. The van der Waals surface area contributed by atoms with Crippen LogP contribution in [0.5, 0.6) is 11.5 Å². The molecular weight excluding hydrogens is 462 g/mol. The van der Waals surface area contributed by atoms with E-state index in [1.54, 1.807) is 11.3 Å². The molecule has 1 aromatic heterocycles. The largest absolute Gasteiger partial charge is 0.492 e. The topological polar surface area (TPSA) is 72.9 Å². The van der Waals surface area contributed by atoms with Crippen LogP contribution >= 0.6 is 11.3 Å². The van der Waals surface area contributed by atoms with E-state index in [0.29, 0.717) is 37.9 Å². The second-order valence-electron chi connectivity index (χ2n) is 8.38. The SMILES string of the molecule is CCOc1cc(N2CCOCC2)c(OCC)cc1NC(=O)Cc1sc(C)nc1-c1ccc(C)cc1. The Hall–Kier alpha value is -3.10. The van der Waals surface area contributed by atoms with E-state index in [4.69, 9.17) is 19.2 Å². The number of nitrogens with zero attached hydrogens (tertiary/aromatic N) is 2. The number of amides is 1. The number of thiazole rings is 1. The van der Waals surface area contributed by atoms with Crippen molar-refractivity contribution in [3.05, 3.63) is 51.8 Å². The lowest BCUT2D eigenvalue weighted by molar-refractivity contribution is -0.115. The van der Waals surface area contributed by atoms with Crippen molar-refractivity contribution in [1.82, 2.24) is 4.98 Å². The predicted molar refractivity (Wildman–Crippen MR) is 141 cm³/mol. The second-order valence-corrected chi connectivity index (χ2v) is 9.66. The van der Waals surface area contributed by atoms with Gasteiger partial charge in [0.15, 0.2) is 0 Å². The predicted octanol–water partition coefficient (Wildman–Crippen LogP) is 5.24. The number of carbonyl (C=O) groups excluding carboxylic acids is 1. The molecule has 2 aromatic carbocycles. The number of carbonyl (C=O) groups is 1. The Morgan fingerprint density at radius 1 is 1.06 bits per heavy atom. The van der Waals surface area contributed by atoms with Gasteiger partial charge in [-0.2, -0.15) is 0 Å². The van der Waals surface area contributed by atoms with Crippen LogP contribution in [0.1, 0.15) is 29.3 Å².